The first-order valence-corrected chi connectivity index (χ1v) is 26.5. The van der Waals surface area contributed by atoms with Crippen LogP contribution in [0.5, 0.6) is 0 Å². The average Bonchev–Trinajstić information content (AvgIpc) is 3.20. The molecule has 0 aromatic carbocycles. The highest BCUT2D eigenvalue weighted by atomic mass is 33.1. The Bertz CT molecular complexity index is 940. The summed E-state index contributed by atoms with van der Waals surface area (Å²) in [6.45, 7) is 6.95. The summed E-state index contributed by atoms with van der Waals surface area (Å²) < 4.78 is 4.78. The van der Waals surface area contributed by atoms with Gasteiger partial charge < -0.3 is 0 Å². The Balaban J connectivity index is 1.33. The van der Waals surface area contributed by atoms with E-state index in [1.165, 1.54) is 254 Å². The van der Waals surface area contributed by atoms with Crippen molar-refractivity contribution in [2.75, 3.05) is 11.5 Å². The molecule has 0 atom stereocenters. The number of hydrogen-bond donors (Lipinski definition) is 0. The van der Waals surface area contributed by atoms with E-state index in [0.29, 0.717) is 0 Å². The van der Waals surface area contributed by atoms with Crippen LogP contribution < -0.4 is 9.13 Å². The lowest BCUT2D eigenvalue weighted by atomic mass is 10.0. The summed E-state index contributed by atoms with van der Waals surface area (Å²) >= 11 is 0. The van der Waals surface area contributed by atoms with Gasteiger partial charge in [-0.05, 0) is 36.8 Å². The highest BCUT2D eigenvalue weighted by molar-refractivity contribution is 8.76. The van der Waals surface area contributed by atoms with Crippen LogP contribution in [-0.4, -0.2) is 11.5 Å². The summed E-state index contributed by atoms with van der Waals surface area (Å²) in [7, 11) is 4.08. The molecule has 54 heavy (non-hydrogen) atoms. The molecule has 310 valence electrons. The number of pyridine rings is 2. The minimum Gasteiger partial charge on any atom is -0.205 e. The van der Waals surface area contributed by atoms with Crippen LogP contribution >= 0.6 is 21.6 Å². The third-order valence-electron chi connectivity index (χ3n) is 11.5. The van der Waals surface area contributed by atoms with E-state index in [0.717, 1.165) is 0 Å². The Morgan fingerprint density at radius 3 is 0.778 bits per heavy atom. The molecular formula is C50H90N2S2+2. The summed E-state index contributed by atoms with van der Waals surface area (Å²) in [5, 5.41) is 0. The highest BCUT2D eigenvalue weighted by Gasteiger charge is 2.05. The molecule has 0 amide bonds. The number of aryl methyl sites for hydroxylation is 4. The second-order valence-electron chi connectivity index (χ2n) is 16.6. The zero-order chi connectivity index (χ0) is 38.3. The van der Waals surface area contributed by atoms with E-state index in [1.807, 2.05) is 21.6 Å². The molecule has 0 spiro atoms. The van der Waals surface area contributed by atoms with E-state index in [1.54, 1.807) is 0 Å². The summed E-state index contributed by atoms with van der Waals surface area (Å²) in [6.07, 6.45) is 57.5. The molecule has 2 rings (SSSR count). The molecular weight excluding hydrogens is 693 g/mol. The van der Waals surface area contributed by atoms with Crippen LogP contribution in [0.1, 0.15) is 230 Å². The Morgan fingerprint density at radius 2 is 0.537 bits per heavy atom. The van der Waals surface area contributed by atoms with Gasteiger partial charge in [0.25, 0.3) is 0 Å². The lowest BCUT2D eigenvalue weighted by Gasteiger charge is -2.04. The predicted molar refractivity (Wildman–Crippen MR) is 245 cm³/mol. The number of nitrogens with zero attached hydrogens (tertiary/aromatic N) is 2. The fourth-order valence-corrected chi connectivity index (χ4v) is 9.81. The van der Waals surface area contributed by atoms with Crippen LogP contribution in [0.15, 0.2) is 49.1 Å². The van der Waals surface area contributed by atoms with Crippen molar-refractivity contribution in [3.8, 4) is 0 Å². The van der Waals surface area contributed by atoms with Gasteiger partial charge in [0, 0.05) is 48.6 Å². The Morgan fingerprint density at radius 1 is 0.315 bits per heavy atom. The molecule has 0 aliphatic rings. The number of hydrogen-bond acceptors (Lipinski definition) is 2. The van der Waals surface area contributed by atoms with Gasteiger partial charge in [0.15, 0.2) is 24.8 Å². The fourth-order valence-electron chi connectivity index (χ4n) is 7.73. The van der Waals surface area contributed by atoms with E-state index in [-0.39, 0.29) is 0 Å². The van der Waals surface area contributed by atoms with Crippen molar-refractivity contribution in [1.29, 1.82) is 0 Å². The zero-order valence-electron chi connectivity index (χ0n) is 36.2. The van der Waals surface area contributed by atoms with Gasteiger partial charge in [-0.3, -0.25) is 0 Å². The van der Waals surface area contributed by atoms with Crippen LogP contribution in [0.4, 0.5) is 0 Å². The van der Waals surface area contributed by atoms with Gasteiger partial charge in [-0.2, -0.15) is 0 Å². The summed E-state index contributed by atoms with van der Waals surface area (Å²) in [6, 6.07) is 9.38. The summed E-state index contributed by atoms with van der Waals surface area (Å²) in [4.78, 5) is 0. The molecule has 0 bridgehead atoms. The quantitative estimate of drug-likeness (QED) is 0.0377. The first-order valence-electron chi connectivity index (χ1n) is 24.0. The fraction of sp³-hybridized carbons (Fsp3) is 0.800. The molecule has 0 aliphatic heterocycles. The lowest BCUT2D eigenvalue weighted by Crippen LogP contribution is -2.32. The second kappa shape index (κ2) is 38.9. The predicted octanol–water partition coefficient (Wildman–Crippen LogP) is 16.0. The van der Waals surface area contributed by atoms with Crippen molar-refractivity contribution in [3.05, 3.63) is 60.2 Å². The largest absolute Gasteiger partial charge is 0.205 e. The smallest absolute Gasteiger partial charge is 0.169 e. The van der Waals surface area contributed by atoms with Gasteiger partial charge >= 0.3 is 0 Å². The molecule has 0 radical (unpaired) electrons. The molecule has 2 heterocycles. The van der Waals surface area contributed by atoms with Gasteiger partial charge in [0.2, 0.25) is 0 Å². The minimum absolute atomic E-state index is 1.17. The second-order valence-corrected chi connectivity index (χ2v) is 19.3. The van der Waals surface area contributed by atoms with E-state index >= 15 is 0 Å². The van der Waals surface area contributed by atoms with Gasteiger partial charge in [0.05, 0.1) is 0 Å². The van der Waals surface area contributed by atoms with E-state index in [4.69, 9.17) is 0 Å². The van der Waals surface area contributed by atoms with Crippen LogP contribution in [0.3, 0.4) is 0 Å². The van der Waals surface area contributed by atoms with Crippen LogP contribution in [0.2, 0.25) is 0 Å². The zero-order valence-corrected chi connectivity index (χ0v) is 37.8. The Kier molecular flexibility index (Phi) is 35.4. The maximum Gasteiger partial charge on any atom is 0.169 e. The number of aromatic nitrogens is 2. The molecule has 2 aromatic heterocycles. The van der Waals surface area contributed by atoms with Crippen molar-refractivity contribution in [3.63, 3.8) is 0 Å². The molecule has 0 N–H and O–H groups in total. The average molecular weight is 783 g/mol. The normalized spacial score (nSPS) is 11.5. The summed E-state index contributed by atoms with van der Waals surface area (Å²) in [5.41, 5.74) is 2.95. The van der Waals surface area contributed by atoms with E-state index in [9.17, 15) is 0 Å². The Hall–Kier alpha value is -1.00. The molecule has 0 saturated carbocycles. The lowest BCUT2D eigenvalue weighted by molar-refractivity contribution is -0.697. The molecule has 0 aliphatic carbocycles. The monoisotopic (exact) mass is 783 g/mol. The number of unbranched alkanes of at least 4 members (excludes halogenated alkanes) is 30. The standard InChI is InChI=1S/C50H90N2S2/c1-3-5-7-9-11-13-15-17-19-21-23-25-27-29-31-33-41-51-43-35-49(36-44-51)39-47-53-54-48-40-50-37-45-52(46-38-50)42-34-32-30-28-26-24-22-20-18-16-14-12-10-8-6-4-2/h35-38,43-46H,3-34,39-42,47-48H2,1-2H3/q+2. The SMILES string of the molecule is CCCCCCCCCCCCCCCCCC[n+]1ccc(CCSSCCc2cc[n+](CCCCCCCCCCCCCCCCCC)cc2)cc1. The topological polar surface area (TPSA) is 7.76 Å². The molecule has 0 unspecified atom stereocenters. The molecule has 2 aromatic rings. The maximum atomic E-state index is 2.39. The van der Waals surface area contributed by atoms with Crippen molar-refractivity contribution in [1.82, 2.24) is 0 Å². The van der Waals surface area contributed by atoms with Crippen molar-refractivity contribution >= 4 is 21.6 Å². The third kappa shape index (κ3) is 31.1. The van der Waals surface area contributed by atoms with Crippen LogP contribution in [-0.2, 0) is 25.9 Å². The highest BCUT2D eigenvalue weighted by Crippen LogP contribution is 2.23. The van der Waals surface area contributed by atoms with Gasteiger partial charge in [0.1, 0.15) is 13.1 Å². The first-order chi connectivity index (χ1) is 26.8. The van der Waals surface area contributed by atoms with Crippen LogP contribution in [0, 0.1) is 0 Å². The molecule has 0 saturated heterocycles. The van der Waals surface area contributed by atoms with E-state index in [2.05, 4.69) is 72.0 Å². The van der Waals surface area contributed by atoms with Crippen molar-refractivity contribution in [2.24, 2.45) is 0 Å². The van der Waals surface area contributed by atoms with Crippen LogP contribution in [0.25, 0.3) is 0 Å². The first kappa shape index (κ1) is 49.1. The summed E-state index contributed by atoms with van der Waals surface area (Å²) in [5.74, 6) is 2.39. The molecule has 0 fully saturated rings. The Labute approximate surface area is 346 Å². The molecule has 2 nitrogen and oxygen atoms in total. The van der Waals surface area contributed by atoms with Crippen molar-refractivity contribution < 1.29 is 9.13 Å². The van der Waals surface area contributed by atoms with Gasteiger partial charge in [-0.15, -0.1) is 0 Å². The van der Waals surface area contributed by atoms with Crippen molar-refractivity contribution in [2.45, 2.75) is 245 Å². The van der Waals surface area contributed by atoms with Gasteiger partial charge in [-0.1, -0.05) is 215 Å². The minimum atomic E-state index is 1.17. The molecule has 4 heteroatoms. The maximum absolute atomic E-state index is 2.39. The number of rotatable bonds is 41. The van der Waals surface area contributed by atoms with Gasteiger partial charge in [-0.25, -0.2) is 9.13 Å². The third-order valence-corrected chi connectivity index (χ3v) is 13.9. The van der Waals surface area contributed by atoms with E-state index < -0.39 is 0 Å².